The Morgan fingerprint density at radius 3 is 2.39 bits per heavy atom. The zero-order valence-corrected chi connectivity index (χ0v) is 14.8. The lowest BCUT2D eigenvalue weighted by Crippen LogP contribution is -2.47. The summed E-state index contributed by atoms with van der Waals surface area (Å²) >= 11 is 0. The number of anilines is 2. The van der Waals surface area contributed by atoms with Crippen LogP contribution in [0.25, 0.3) is 16.7 Å². The maximum absolute atomic E-state index is 10.8. The van der Waals surface area contributed by atoms with Crippen molar-refractivity contribution in [2.75, 3.05) is 36.0 Å². The maximum Gasteiger partial charge on any atom is 0.269 e. The van der Waals surface area contributed by atoms with Gasteiger partial charge in [0.1, 0.15) is 0 Å². The number of para-hydroxylation sites is 2. The molecule has 0 radical (unpaired) electrons. The number of fused-ring (bicyclic) bond motifs is 3. The minimum Gasteiger partial charge on any atom is -0.368 e. The summed E-state index contributed by atoms with van der Waals surface area (Å²) < 4.78 is 1.72. The Balaban J connectivity index is 1.40. The molecular formula is C18H16N8O2. The highest BCUT2D eigenvalue weighted by atomic mass is 16.6. The van der Waals surface area contributed by atoms with E-state index in [0.29, 0.717) is 5.65 Å². The first-order valence-corrected chi connectivity index (χ1v) is 8.92. The number of rotatable bonds is 3. The van der Waals surface area contributed by atoms with Gasteiger partial charge in [-0.15, -0.1) is 5.10 Å². The van der Waals surface area contributed by atoms with E-state index in [2.05, 4.69) is 25.3 Å². The van der Waals surface area contributed by atoms with Crippen molar-refractivity contribution in [3.8, 4) is 0 Å². The zero-order chi connectivity index (χ0) is 19.1. The summed E-state index contributed by atoms with van der Waals surface area (Å²) in [6.45, 7) is 3.07. The minimum atomic E-state index is -0.384. The number of aromatic nitrogens is 5. The van der Waals surface area contributed by atoms with E-state index in [1.165, 1.54) is 12.1 Å². The fraction of sp³-hybridized carbons (Fsp3) is 0.222. The van der Waals surface area contributed by atoms with Crippen LogP contribution in [-0.4, -0.2) is 56.1 Å². The predicted molar refractivity (Wildman–Crippen MR) is 104 cm³/mol. The molecule has 0 atom stereocenters. The quantitative estimate of drug-likeness (QED) is 0.394. The number of hydrogen-bond acceptors (Lipinski definition) is 8. The summed E-state index contributed by atoms with van der Waals surface area (Å²) in [5.74, 6) is 0.770. The summed E-state index contributed by atoms with van der Waals surface area (Å²) in [7, 11) is 0. The summed E-state index contributed by atoms with van der Waals surface area (Å²) in [4.78, 5) is 19.6. The Hall–Kier alpha value is -3.82. The summed E-state index contributed by atoms with van der Waals surface area (Å²) in [6, 6.07) is 14.5. The third-order valence-corrected chi connectivity index (χ3v) is 5.01. The van der Waals surface area contributed by atoms with Gasteiger partial charge in [0.25, 0.3) is 5.69 Å². The van der Waals surface area contributed by atoms with Crippen molar-refractivity contribution in [1.29, 1.82) is 0 Å². The highest BCUT2D eigenvalue weighted by molar-refractivity contribution is 5.82. The van der Waals surface area contributed by atoms with E-state index in [1.807, 2.05) is 24.3 Å². The number of nitro groups is 1. The zero-order valence-electron chi connectivity index (χ0n) is 14.8. The van der Waals surface area contributed by atoms with Crippen molar-refractivity contribution in [1.82, 2.24) is 25.0 Å². The van der Waals surface area contributed by atoms with E-state index in [0.717, 1.165) is 48.7 Å². The Labute approximate surface area is 159 Å². The average Bonchev–Trinajstić information content (AvgIpc) is 3.24. The number of nitro benzene ring substituents is 1. The molecule has 0 unspecified atom stereocenters. The minimum absolute atomic E-state index is 0.101. The summed E-state index contributed by atoms with van der Waals surface area (Å²) in [5.41, 5.74) is 3.43. The molecule has 0 saturated carbocycles. The normalized spacial score (nSPS) is 14.7. The van der Waals surface area contributed by atoms with Gasteiger partial charge in [0.15, 0.2) is 5.82 Å². The third kappa shape index (κ3) is 2.66. The fourth-order valence-corrected chi connectivity index (χ4v) is 3.56. The van der Waals surface area contributed by atoms with Gasteiger partial charge in [-0.05, 0) is 34.7 Å². The van der Waals surface area contributed by atoms with Crippen molar-refractivity contribution >= 4 is 33.9 Å². The van der Waals surface area contributed by atoms with Gasteiger partial charge in [0, 0.05) is 44.0 Å². The van der Waals surface area contributed by atoms with E-state index < -0.39 is 0 Å². The van der Waals surface area contributed by atoms with Crippen molar-refractivity contribution < 1.29 is 4.92 Å². The van der Waals surface area contributed by atoms with Gasteiger partial charge in [-0.25, -0.2) is 4.98 Å². The van der Waals surface area contributed by atoms with Crippen LogP contribution >= 0.6 is 0 Å². The number of piperazine rings is 1. The molecule has 5 rings (SSSR count). The molecule has 1 aliphatic heterocycles. The predicted octanol–water partition coefficient (Wildman–Crippen LogP) is 1.91. The van der Waals surface area contributed by atoms with E-state index in [1.54, 1.807) is 16.6 Å². The summed E-state index contributed by atoms with van der Waals surface area (Å²) in [5, 5.41) is 22.9. The second-order valence-electron chi connectivity index (χ2n) is 6.59. The molecule has 28 heavy (non-hydrogen) atoms. The van der Waals surface area contributed by atoms with Crippen molar-refractivity contribution in [2.24, 2.45) is 0 Å². The number of benzene rings is 2. The summed E-state index contributed by atoms with van der Waals surface area (Å²) in [6.07, 6.45) is 0. The molecule has 140 valence electrons. The molecule has 1 saturated heterocycles. The molecule has 0 aliphatic carbocycles. The molecular weight excluding hydrogens is 360 g/mol. The SMILES string of the molecule is O=[N+]([O-])c1ccc(N2CCN(c3nc4ccccc4n4nnnc34)CC2)cc1. The van der Waals surface area contributed by atoms with Gasteiger partial charge in [0.2, 0.25) is 5.65 Å². The van der Waals surface area contributed by atoms with E-state index in [-0.39, 0.29) is 10.6 Å². The van der Waals surface area contributed by atoms with Crippen LogP contribution in [0.5, 0.6) is 0 Å². The third-order valence-electron chi connectivity index (χ3n) is 5.01. The highest BCUT2D eigenvalue weighted by Gasteiger charge is 2.23. The number of tetrazole rings is 1. The molecule has 10 heteroatoms. The molecule has 1 fully saturated rings. The second kappa shape index (κ2) is 6.41. The lowest BCUT2D eigenvalue weighted by atomic mass is 10.2. The molecule has 3 heterocycles. The molecule has 2 aromatic carbocycles. The van der Waals surface area contributed by atoms with Crippen LogP contribution in [0.2, 0.25) is 0 Å². The van der Waals surface area contributed by atoms with Crippen LogP contribution in [0.15, 0.2) is 48.5 Å². The standard InChI is InChI=1S/C18H16N8O2/c27-26(28)14-7-5-13(6-8-14)23-9-11-24(12-10-23)17-18-20-21-22-25(18)16-4-2-1-3-15(16)19-17/h1-8H,9-12H2. The van der Waals surface area contributed by atoms with Crippen LogP contribution in [0.4, 0.5) is 17.2 Å². The number of hydrogen-bond donors (Lipinski definition) is 0. The lowest BCUT2D eigenvalue weighted by Gasteiger charge is -2.36. The fourth-order valence-electron chi connectivity index (χ4n) is 3.56. The van der Waals surface area contributed by atoms with Crippen LogP contribution in [0.1, 0.15) is 0 Å². The van der Waals surface area contributed by atoms with Gasteiger partial charge in [-0.3, -0.25) is 10.1 Å². The first kappa shape index (κ1) is 16.4. The van der Waals surface area contributed by atoms with Crippen LogP contribution in [-0.2, 0) is 0 Å². The molecule has 0 spiro atoms. The molecule has 4 aromatic rings. The average molecular weight is 376 g/mol. The van der Waals surface area contributed by atoms with Gasteiger partial charge < -0.3 is 9.80 Å². The smallest absolute Gasteiger partial charge is 0.269 e. The Morgan fingerprint density at radius 2 is 1.64 bits per heavy atom. The highest BCUT2D eigenvalue weighted by Crippen LogP contribution is 2.25. The van der Waals surface area contributed by atoms with Crippen molar-refractivity contribution in [3.05, 3.63) is 58.6 Å². The first-order chi connectivity index (χ1) is 13.7. The topological polar surface area (TPSA) is 106 Å². The van der Waals surface area contributed by atoms with E-state index in [4.69, 9.17) is 4.98 Å². The van der Waals surface area contributed by atoms with Gasteiger partial charge in [-0.2, -0.15) is 4.52 Å². The van der Waals surface area contributed by atoms with Gasteiger partial charge in [0.05, 0.1) is 16.0 Å². The van der Waals surface area contributed by atoms with E-state index in [9.17, 15) is 10.1 Å². The Morgan fingerprint density at radius 1 is 0.929 bits per heavy atom. The Kier molecular flexibility index (Phi) is 3.75. The molecule has 0 bridgehead atoms. The van der Waals surface area contributed by atoms with Crippen LogP contribution in [0.3, 0.4) is 0 Å². The molecule has 0 amide bonds. The second-order valence-corrected chi connectivity index (χ2v) is 6.59. The molecule has 10 nitrogen and oxygen atoms in total. The largest absolute Gasteiger partial charge is 0.368 e. The van der Waals surface area contributed by atoms with Crippen molar-refractivity contribution in [3.63, 3.8) is 0 Å². The first-order valence-electron chi connectivity index (χ1n) is 8.92. The van der Waals surface area contributed by atoms with Crippen LogP contribution in [0, 0.1) is 10.1 Å². The molecule has 0 N–H and O–H groups in total. The number of non-ortho nitro benzene ring substituents is 1. The number of nitrogens with zero attached hydrogens (tertiary/aromatic N) is 8. The van der Waals surface area contributed by atoms with Gasteiger partial charge in [-0.1, -0.05) is 12.1 Å². The van der Waals surface area contributed by atoms with Crippen LogP contribution < -0.4 is 9.80 Å². The molecule has 2 aromatic heterocycles. The van der Waals surface area contributed by atoms with Gasteiger partial charge >= 0.3 is 0 Å². The maximum atomic E-state index is 10.8. The molecule has 1 aliphatic rings. The monoisotopic (exact) mass is 376 g/mol. The Bertz CT molecular complexity index is 1170. The van der Waals surface area contributed by atoms with E-state index >= 15 is 0 Å². The lowest BCUT2D eigenvalue weighted by molar-refractivity contribution is -0.384. The van der Waals surface area contributed by atoms with Crippen molar-refractivity contribution in [2.45, 2.75) is 0 Å².